The van der Waals surface area contributed by atoms with Crippen LogP contribution in [0, 0.1) is 0 Å². The Morgan fingerprint density at radius 2 is 1.56 bits per heavy atom. The molecule has 0 spiro atoms. The van der Waals surface area contributed by atoms with E-state index in [4.69, 9.17) is 4.74 Å². The van der Waals surface area contributed by atoms with Gasteiger partial charge in [0.05, 0.1) is 12.7 Å². The Hall–Kier alpha value is -2.94. The second-order valence-electron chi connectivity index (χ2n) is 6.07. The fraction of sp³-hybridized carbons (Fsp3) is 0.182. The topological polar surface area (TPSA) is 43.4 Å². The number of rotatable bonds is 4. The van der Waals surface area contributed by atoms with Crippen molar-refractivity contribution in [3.05, 3.63) is 83.4 Å². The van der Waals surface area contributed by atoms with Gasteiger partial charge in [-0.3, -0.25) is 9.59 Å². The predicted octanol–water partition coefficient (Wildman–Crippen LogP) is 4.35. The molecule has 3 heteroatoms. The number of Topliss-reactive ketones (excluding diaryl/α,β-unsaturated/α-hetero) is 2. The summed E-state index contributed by atoms with van der Waals surface area (Å²) < 4.78 is 5.12. The zero-order valence-corrected chi connectivity index (χ0v) is 14.1. The Bertz CT molecular complexity index is 794. The number of ether oxygens (including phenoxy) is 1. The molecule has 3 rings (SSSR count). The van der Waals surface area contributed by atoms with Gasteiger partial charge in [-0.25, -0.2) is 0 Å². The van der Waals surface area contributed by atoms with Gasteiger partial charge in [-0.15, -0.1) is 0 Å². The lowest BCUT2D eigenvalue weighted by molar-refractivity contribution is -0.124. The Kier molecular flexibility index (Phi) is 5.24. The molecule has 1 saturated carbocycles. The molecule has 126 valence electrons. The van der Waals surface area contributed by atoms with Crippen molar-refractivity contribution in [3.8, 4) is 5.75 Å². The number of allylic oxidation sites excluding steroid dienone is 3. The van der Waals surface area contributed by atoms with Crippen molar-refractivity contribution in [2.24, 2.45) is 0 Å². The molecule has 0 atom stereocenters. The molecule has 2 aromatic rings. The third-order valence-corrected chi connectivity index (χ3v) is 4.40. The van der Waals surface area contributed by atoms with Gasteiger partial charge in [0.1, 0.15) is 5.75 Å². The van der Waals surface area contributed by atoms with Gasteiger partial charge in [-0.1, -0.05) is 54.6 Å². The zero-order valence-electron chi connectivity index (χ0n) is 14.1. The van der Waals surface area contributed by atoms with Crippen molar-refractivity contribution in [3.63, 3.8) is 0 Å². The first kappa shape index (κ1) is 16.9. The lowest BCUT2D eigenvalue weighted by Crippen LogP contribution is -2.24. The first-order chi connectivity index (χ1) is 12.2. The highest BCUT2D eigenvalue weighted by atomic mass is 16.5. The molecule has 1 aliphatic rings. The van der Waals surface area contributed by atoms with Gasteiger partial charge in [0.2, 0.25) is 0 Å². The fourth-order valence-corrected chi connectivity index (χ4v) is 3.01. The minimum Gasteiger partial charge on any atom is -0.497 e. The number of hydrogen-bond donors (Lipinski definition) is 0. The van der Waals surface area contributed by atoms with Crippen LogP contribution in [0.3, 0.4) is 0 Å². The summed E-state index contributed by atoms with van der Waals surface area (Å²) in [6.45, 7) is 0. The number of benzene rings is 2. The summed E-state index contributed by atoms with van der Waals surface area (Å²) in [5, 5.41) is 0. The Morgan fingerprint density at radius 1 is 0.920 bits per heavy atom. The Labute approximate surface area is 147 Å². The van der Waals surface area contributed by atoms with Gasteiger partial charge in [0.15, 0.2) is 11.6 Å². The Balaban J connectivity index is 1.70. The van der Waals surface area contributed by atoms with Crippen LogP contribution in [-0.2, 0) is 9.59 Å². The van der Waals surface area contributed by atoms with E-state index in [9.17, 15) is 9.59 Å². The highest BCUT2D eigenvalue weighted by Gasteiger charge is 2.30. The molecule has 25 heavy (non-hydrogen) atoms. The zero-order chi connectivity index (χ0) is 17.6. The molecule has 0 N–H and O–H groups in total. The molecule has 2 aromatic carbocycles. The van der Waals surface area contributed by atoms with E-state index in [0.717, 1.165) is 16.9 Å². The quantitative estimate of drug-likeness (QED) is 0.617. The van der Waals surface area contributed by atoms with Crippen LogP contribution >= 0.6 is 0 Å². The summed E-state index contributed by atoms with van der Waals surface area (Å²) in [4.78, 5) is 24.7. The molecule has 0 amide bonds. The molecule has 0 saturated heterocycles. The third-order valence-electron chi connectivity index (χ3n) is 4.40. The molecule has 0 bridgehead atoms. The van der Waals surface area contributed by atoms with E-state index in [-0.39, 0.29) is 17.5 Å². The molecule has 0 radical (unpaired) electrons. The van der Waals surface area contributed by atoms with E-state index in [0.29, 0.717) is 18.4 Å². The van der Waals surface area contributed by atoms with Crippen LogP contribution in [0.1, 0.15) is 29.9 Å². The van der Waals surface area contributed by atoms with Crippen LogP contribution in [0.5, 0.6) is 5.75 Å². The van der Waals surface area contributed by atoms with Gasteiger partial charge < -0.3 is 4.74 Å². The van der Waals surface area contributed by atoms with Crippen molar-refractivity contribution in [2.45, 2.75) is 18.8 Å². The standard InChI is InChI=1S/C22H20O3/c1-25-19-12-10-16(11-13-19)6-5-9-20-21(23)14-18(15-22(20)24)17-7-3-2-4-8-17/h2-13,18H,14-15H2,1H3/b6-5+,20-9?. The molecule has 0 unspecified atom stereocenters. The van der Waals surface area contributed by atoms with E-state index in [1.54, 1.807) is 19.3 Å². The average Bonchev–Trinajstić information content (AvgIpc) is 2.65. The average molecular weight is 332 g/mol. The minimum absolute atomic E-state index is 0.0103. The largest absolute Gasteiger partial charge is 0.497 e. The van der Waals surface area contributed by atoms with E-state index in [1.165, 1.54) is 0 Å². The first-order valence-corrected chi connectivity index (χ1v) is 8.31. The maximum atomic E-state index is 12.4. The van der Waals surface area contributed by atoms with Crippen LogP contribution in [0.2, 0.25) is 0 Å². The van der Waals surface area contributed by atoms with Crippen molar-refractivity contribution < 1.29 is 14.3 Å². The van der Waals surface area contributed by atoms with Crippen molar-refractivity contribution in [1.82, 2.24) is 0 Å². The van der Waals surface area contributed by atoms with E-state index >= 15 is 0 Å². The van der Waals surface area contributed by atoms with Crippen LogP contribution in [0.4, 0.5) is 0 Å². The van der Waals surface area contributed by atoms with Crippen molar-refractivity contribution >= 4 is 17.6 Å². The number of carbonyl (C=O) groups excluding carboxylic acids is 2. The molecular formula is C22H20O3. The third kappa shape index (κ3) is 4.13. The molecule has 1 fully saturated rings. The van der Waals surface area contributed by atoms with Crippen molar-refractivity contribution in [1.29, 1.82) is 0 Å². The van der Waals surface area contributed by atoms with Gasteiger partial charge in [0, 0.05) is 12.8 Å². The number of carbonyl (C=O) groups is 2. The van der Waals surface area contributed by atoms with E-state index in [2.05, 4.69) is 0 Å². The monoisotopic (exact) mass is 332 g/mol. The number of hydrogen-bond acceptors (Lipinski definition) is 3. The van der Waals surface area contributed by atoms with Gasteiger partial charge in [0.25, 0.3) is 0 Å². The number of methoxy groups -OCH3 is 1. The highest BCUT2D eigenvalue weighted by Crippen LogP contribution is 2.31. The van der Waals surface area contributed by atoms with Crippen LogP contribution in [0.15, 0.2) is 72.3 Å². The van der Waals surface area contributed by atoms with E-state index in [1.807, 2.05) is 60.7 Å². The lowest BCUT2D eigenvalue weighted by atomic mass is 9.80. The second-order valence-corrected chi connectivity index (χ2v) is 6.07. The summed E-state index contributed by atoms with van der Waals surface area (Å²) in [5.74, 6) is 0.623. The minimum atomic E-state index is -0.0792. The maximum absolute atomic E-state index is 12.4. The summed E-state index contributed by atoms with van der Waals surface area (Å²) in [7, 11) is 1.62. The predicted molar refractivity (Wildman–Crippen MR) is 98.5 cm³/mol. The molecule has 0 aliphatic heterocycles. The summed E-state index contributed by atoms with van der Waals surface area (Å²) in [6.07, 6.45) is 6.04. The van der Waals surface area contributed by atoms with Gasteiger partial charge in [-0.2, -0.15) is 0 Å². The highest BCUT2D eigenvalue weighted by molar-refractivity contribution is 6.22. The van der Waals surface area contributed by atoms with Crippen LogP contribution in [-0.4, -0.2) is 18.7 Å². The van der Waals surface area contributed by atoms with Gasteiger partial charge in [-0.05, 0) is 35.3 Å². The normalized spacial score (nSPS) is 17.8. The van der Waals surface area contributed by atoms with Crippen LogP contribution in [0.25, 0.3) is 6.08 Å². The maximum Gasteiger partial charge on any atom is 0.167 e. The summed E-state index contributed by atoms with van der Waals surface area (Å²) in [5.41, 5.74) is 2.34. The molecular weight excluding hydrogens is 312 g/mol. The fourth-order valence-electron chi connectivity index (χ4n) is 3.01. The molecule has 0 heterocycles. The Morgan fingerprint density at radius 3 is 2.16 bits per heavy atom. The molecule has 0 aromatic heterocycles. The summed E-state index contributed by atoms with van der Waals surface area (Å²) >= 11 is 0. The molecule has 1 aliphatic carbocycles. The lowest BCUT2D eigenvalue weighted by Gasteiger charge is -2.22. The van der Waals surface area contributed by atoms with Crippen LogP contribution < -0.4 is 4.74 Å². The van der Waals surface area contributed by atoms with E-state index < -0.39 is 0 Å². The number of ketones is 2. The van der Waals surface area contributed by atoms with Gasteiger partial charge >= 0.3 is 0 Å². The SMILES string of the molecule is COc1ccc(/C=C/C=C2C(=O)CC(c3ccccc3)CC2=O)cc1. The first-order valence-electron chi connectivity index (χ1n) is 8.31. The second kappa shape index (κ2) is 7.75. The molecule has 3 nitrogen and oxygen atoms in total. The van der Waals surface area contributed by atoms with Crippen molar-refractivity contribution in [2.75, 3.05) is 7.11 Å². The summed E-state index contributed by atoms with van der Waals surface area (Å²) in [6, 6.07) is 17.3. The smallest absolute Gasteiger partial charge is 0.167 e.